The number of carbonyl (C=O) groups is 3. The molecule has 0 atom stereocenters. The van der Waals surface area contributed by atoms with Gasteiger partial charge in [0.15, 0.2) is 0 Å². The molecule has 25 heavy (non-hydrogen) atoms. The molecule has 1 aliphatic heterocycles. The first kappa shape index (κ1) is 16.9. The van der Waals surface area contributed by atoms with Gasteiger partial charge in [0.1, 0.15) is 5.54 Å². The van der Waals surface area contributed by atoms with Crippen LogP contribution in [0.4, 0.5) is 10.5 Å². The number of carbonyl (C=O) groups excluding carboxylic acids is 3. The molecule has 0 bridgehead atoms. The van der Waals surface area contributed by atoms with Crippen molar-refractivity contribution in [2.24, 2.45) is 5.92 Å². The van der Waals surface area contributed by atoms with Gasteiger partial charge < -0.3 is 5.32 Å². The zero-order valence-electron chi connectivity index (χ0n) is 13.7. The molecule has 2 N–H and O–H groups in total. The van der Waals surface area contributed by atoms with Crippen LogP contribution < -0.4 is 10.7 Å². The predicted octanol–water partition coefficient (Wildman–Crippen LogP) is 1.74. The van der Waals surface area contributed by atoms with Gasteiger partial charge in [0.25, 0.3) is 17.5 Å². The molecule has 0 unspecified atom stereocenters. The van der Waals surface area contributed by atoms with E-state index in [2.05, 4.69) is 17.7 Å². The number of hydrogen-bond donors (Lipinski definition) is 2. The maximum atomic E-state index is 12.7. The van der Waals surface area contributed by atoms with Gasteiger partial charge in [0.2, 0.25) is 0 Å². The summed E-state index contributed by atoms with van der Waals surface area (Å²) in [6, 6.07) is 4.40. The highest BCUT2D eigenvalue weighted by molar-refractivity contribution is 6.09. The van der Waals surface area contributed by atoms with E-state index in [1.807, 2.05) is 0 Å². The van der Waals surface area contributed by atoms with E-state index < -0.39 is 28.3 Å². The number of imide groups is 1. The molecule has 2 fully saturated rings. The lowest BCUT2D eigenvalue weighted by Crippen LogP contribution is -2.51. The van der Waals surface area contributed by atoms with Crippen LogP contribution in [0, 0.1) is 16.0 Å². The summed E-state index contributed by atoms with van der Waals surface area (Å²) in [5.74, 6) is -0.750. The fourth-order valence-corrected chi connectivity index (χ4v) is 3.24. The Labute approximate surface area is 143 Å². The van der Waals surface area contributed by atoms with E-state index in [4.69, 9.17) is 0 Å². The monoisotopic (exact) mass is 346 g/mol. The second-order valence-corrected chi connectivity index (χ2v) is 6.58. The third-order valence-corrected chi connectivity index (χ3v) is 4.82. The minimum Gasteiger partial charge on any atom is -0.322 e. The fourth-order valence-electron chi connectivity index (χ4n) is 3.24. The second-order valence-electron chi connectivity index (χ2n) is 6.58. The first-order chi connectivity index (χ1) is 11.8. The summed E-state index contributed by atoms with van der Waals surface area (Å²) in [5, 5.41) is 14.2. The van der Waals surface area contributed by atoms with E-state index in [9.17, 15) is 24.5 Å². The van der Waals surface area contributed by atoms with Crippen LogP contribution in [-0.4, -0.2) is 33.3 Å². The summed E-state index contributed by atoms with van der Waals surface area (Å²) in [7, 11) is 0. The Bertz CT molecular complexity index is 755. The lowest BCUT2D eigenvalue weighted by molar-refractivity contribution is -0.384. The molecule has 1 saturated carbocycles. The summed E-state index contributed by atoms with van der Waals surface area (Å²) >= 11 is 0. The minimum atomic E-state index is -0.959. The number of non-ortho nitro benzene ring substituents is 1. The maximum Gasteiger partial charge on any atom is 0.344 e. The van der Waals surface area contributed by atoms with E-state index in [1.165, 1.54) is 18.2 Å². The Hall–Kier alpha value is -2.97. The molecule has 1 aliphatic carbocycles. The summed E-state index contributed by atoms with van der Waals surface area (Å²) in [5.41, 5.74) is 1.04. The zero-order chi connectivity index (χ0) is 18.2. The van der Waals surface area contributed by atoms with Crippen LogP contribution in [0.25, 0.3) is 0 Å². The van der Waals surface area contributed by atoms with Gasteiger partial charge in [0, 0.05) is 17.7 Å². The molecular formula is C16H18N4O5. The number of nitro benzene ring substituents is 1. The van der Waals surface area contributed by atoms with E-state index in [0.717, 1.165) is 18.9 Å². The Balaban J connectivity index is 1.75. The largest absolute Gasteiger partial charge is 0.344 e. The molecule has 1 heterocycles. The smallest absolute Gasteiger partial charge is 0.322 e. The van der Waals surface area contributed by atoms with Gasteiger partial charge in [-0.3, -0.25) is 25.1 Å². The van der Waals surface area contributed by atoms with Gasteiger partial charge in [-0.25, -0.2) is 4.79 Å². The number of hydrazine groups is 1. The van der Waals surface area contributed by atoms with Crippen LogP contribution in [0.1, 0.15) is 43.0 Å². The number of nitrogens with one attached hydrogen (secondary N) is 2. The SMILES string of the molecule is CC1CCC2(CC1)NC(=O)N(NC(=O)c1cccc([N+](=O)[O-])c1)C2=O. The summed E-state index contributed by atoms with van der Waals surface area (Å²) in [6.07, 6.45) is 2.70. The van der Waals surface area contributed by atoms with E-state index in [1.54, 1.807) is 0 Å². The number of hydrogen-bond acceptors (Lipinski definition) is 5. The molecule has 132 valence electrons. The average molecular weight is 346 g/mol. The Kier molecular flexibility index (Phi) is 4.15. The van der Waals surface area contributed by atoms with Crippen LogP contribution in [0.3, 0.4) is 0 Å². The quantitative estimate of drug-likeness (QED) is 0.490. The highest BCUT2D eigenvalue weighted by Gasteiger charge is 2.52. The number of urea groups is 1. The Morgan fingerprint density at radius 3 is 2.68 bits per heavy atom. The van der Waals surface area contributed by atoms with Crippen molar-refractivity contribution in [1.29, 1.82) is 0 Å². The number of benzene rings is 1. The van der Waals surface area contributed by atoms with Crippen molar-refractivity contribution in [1.82, 2.24) is 15.8 Å². The predicted molar refractivity (Wildman–Crippen MR) is 86.3 cm³/mol. The summed E-state index contributed by atoms with van der Waals surface area (Å²) in [6.45, 7) is 2.09. The molecule has 0 radical (unpaired) electrons. The number of amides is 4. The number of nitrogens with zero attached hydrogens (tertiary/aromatic N) is 2. The van der Waals surface area contributed by atoms with E-state index >= 15 is 0 Å². The number of rotatable bonds is 3. The lowest BCUT2D eigenvalue weighted by Gasteiger charge is -2.33. The van der Waals surface area contributed by atoms with Gasteiger partial charge in [-0.15, -0.1) is 0 Å². The van der Waals surface area contributed by atoms with Crippen molar-refractivity contribution < 1.29 is 19.3 Å². The molecule has 9 nitrogen and oxygen atoms in total. The lowest BCUT2D eigenvalue weighted by atomic mass is 9.77. The molecule has 9 heteroatoms. The van der Waals surface area contributed by atoms with Crippen molar-refractivity contribution in [3.63, 3.8) is 0 Å². The van der Waals surface area contributed by atoms with Crippen LogP contribution in [0.2, 0.25) is 0 Å². The first-order valence-electron chi connectivity index (χ1n) is 8.04. The van der Waals surface area contributed by atoms with Crippen LogP contribution >= 0.6 is 0 Å². The molecule has 1 aromatic carbocycles. The molecular weight excluding hydrogens is 328 g/mol. The molecule has 1 spiro atoms. The van der Waals surface area contributed by atoms with E-state index in [0.29, 0.717) is 23.8 Å². The van der Waals surface area contributed by atoms with Gasteiger partial charge in [0.05, 0.1) is 4.92 Å². The van der Waals surface area contributed by atoms with Crippen molar-refractivity contribution in [3.8, 4) is 0 Å². The van der Waals surface area contributed by atoms with Crippen molar-refractivity contribution in [2.45, 2.75) is 38.1 Å². The number of nitro groups is 1. The fraction of sp³-hybridized carbons (Fsp3) is 0.438. The maximum absolute atomic E-state index is 12.7. The van der Waals surface area contributed by atoms with Crippen LogP contribution in [0.15, 0.2) is 24.3 Å². The van der Waals surface area contributed by atoms with E-state index in [-0.39, 0.29) is 11.3 Å². The van der Waals surface area contributed by atoms with Gasteiger partial charge in [-0.2, -0.15) is 5.01 Å². The standard InChI is InChI=1S/C16H18N4O5/c1-10-5-7-16(8-6-10)14(22)19(15(23)17-16)18-13(21)11-3-2-4-12(9-11)20(24)25/h2-4,9-10H,5-8H2,1H3,(H,17,23)(H,18,21). The molecule has 2 aliphatic rings. The van der Waals surface area contributed by atoms with Crippen molar-refractivity contribution >= 4 is 23.5 Å². The molecule has 4 amide bonds. The van der Waals surface area contributed by atoms with Crippen molar-refractivity contribution in [2.75, 3.05) is 0 Å². The molecule has 1 aromatic rings. The topological polar surface area (TPSA) is 122 Å². The highest BCUT2D eigenvalue weighted by Crippen LogP contribution is 2.35. The second kappa shape index (κ2) is 6.15. The summed E-state index contributed by atoms with van der Waals surface area (Å²) < 4.78 is 0. The van der Waals surface area contributed by atoms with Gasteiger partial charge in [-0.05, 0) is 37.7 Å². The molecule has 1 saturated heterocycles. The molecule has 3 rings (SSSR count). The van der Waals surface area contributed by atoms with Gasteiger partial charge in [-0.1, -0.05) is 13.0 Å². The first-order valence-corrected chi connectivity index (χ1v) is 8.04. The average Bonchev–Trinajstić information content (AvgIpc) is 2.82. The Morgan fingerprint density at radius 2 is 2.04 bits per heavy atom. The normalized spacial score (nSPS) is 25.8. The summed E-state index contributed by atoms with van der Waals surface area (Å²) in [4.78, 5) is 47.3. The minimum absolute atomic E-state index is 0.00647. The third kappa shape index (κ3) is 3.04. The van der Waals surface area contributed by atoms with Gasteiger partial charge >= 0.3 is 6.03 Å². The zero-order valence-corrected chi connectivity index (χ0v) is 13.7. The Morgan fingerprint density at radius 1 is 1.36 bits per heavy atom. The van der Waals surface area contributed by atoms with Crippen LogP contribution in [-0.2, 0) is 4.79 Å². The third-order valence-electron chi connectivity index (χ3n) is 4.82. The molecule has 0 aromatic heterocycles. The van der Waals surface area contributed by atoms with Crippen molar-refractivity contribution in [3.05, 3.63) is 39.9 Å². The highest BCUT2D eigenvalue weighted by atomic mass is 16.6. The van der Waals surface area contributed by atoms with Crippen LogP contribution in [0.5, 0.6) is 0 Å².